The number of esters is 3. The second kappa shape index (κ2) is 4.98. The minimum Gasteiger partial charge on any atom is -0.458 e. The fourth-order valence-electron chi connectivity index (χ4n) is 3.67. The molecular formula is C14H18O7. The molecule has 7 heteroatoms. The van der Waals surface area contributed by atoms with Gasteiger partial charge in [-0.25, -0.2) is 0 Å². The summed E-state index contributed by atoms with van der Waals surface area (Å²) in [6.45, 7) is 2.65. The monoisotopic (exact) mass is 298 g/mol. The van der Waals surface area contributed by atoms with Crippen molar-refractivity contribution in [2.45, 2.75) is 45.2 Å². The highest BCUT2D eigenvalue weighted by atomic mass is 16.6. The van der Waals surface area contributed by atoms with Gasteiger partial charge in [0.2, 0.25) is 0 Å². The number of fused-ring (bicyclic) bond motifs is 1. The molecule has 1 heterocycles. The third-order valence-electron chi connectivity index (χ3n) is 4.66. The summed E-state index contributed by atoms with van der Waals surface area (Å²) < 4.78 is 15.2. The van der Waals surface area contributed by atoms with E-state index in [9.17, 15) is 14.4 Å². The fraction of sp³-hybridized carbons (Fsp3) is 0.786. The minimum absolute atomic E-state index is 0.0485. The molecule has 0 radical (unpaired) electrons. The van der Waals surface area contributed by atoms with E-state index in [-0.39, 0.29) is 29.8 Å². The summed E-state index contributed by atoms with van der Waals surface area (Å²) in [4.78, 5) is 35.2. The molecular weight excluding hydrogens is 280 g/mol. The Morgan fingerprint density at radius 2 is 2.00 bits per heavy atom. The molecule has 7 unspecified atom stereocenters. The molecule has 0 spiro atoms. The average Bonchev–Trinajstić information content (AvgIpc) is 3.01. The molecule has 0 amide bonds. The number of carbonyl (C=O) groups excluding carboxylic acids is 3. The first-order valence-electron chi connectivity index (χ1n) is 7.18. The van der Waals surface area contributed by atoms with Crippen molar-refractivity contribution in [2.24, 2.45) is 23.7 Å². The summed E-state index contributed by atoms with van der Waals surface area (Å²) in [6.07, 6.45) is -0.598. The maximum atomic E-state index is 12.0. The summed E-state index contributed by atoms with van der Waals surface area (Å²) in [5, 5.41) is 8.99. The Labute approximate surface area is 121 Å². The molecule has 0 aromatic rings. The zero-order valence-electron chi connectivity index (χ0n) is 11.9. The fourth-order valence-corrected chi connectivity index (χ4v) is 3.67. The largest absolute Gasteiger partial charge is 0.458 e. The Hall–Kier alpha value is -1.63. The molecule has 116 valence electrons. The Balaban J connectivity index is 1.61. The van der Waals surface area contributed by atoms with Crippen LogP contribution in [0.1, 0.15) is 26.7 Å². The van der Waals surface area contributed by atoms with E-state index in [4.69, 9.17) is 14.6 Å². The lowest BCUT2D eigenvalue weighted by Crippen LogP contribution is -2.39. The summed E-state index contributed by atoms with van der Waals surface area (Å²) in [5.41, 5.74) is 0. The Kier molecular flexibility index (Phi) is 3.39. The first-order chi connectivity index (χ1) is 9.88. The first kappa shape index (κ1) is 14.3. The van der Waals surface area contributed by atoms with Crippen LogP contribution in [0, 0.1) is 23.7 Å². The molecule has 1 aliphatic heterocycles. The van der Waals surface area contributed by atoms with Gasteiger partial charge in [-0.05, 0) is 26.7 Å². The molecule has 2 saturated carbocycles. The molecule has 3 rings (SSSR count). The van der Waals surface area contributed by atoms with Crippen LogP contribution in [0.4, 0.5) is 0 Å². The van der Waals surface area contributed by atoms with Crippen molar-refractivity contribution in [3.05, 3.63) is 0 Å². The van der Waals surface area contributed by atoms with Crippen molar-refractivity contribution in [3.8, 4) is 0 Å². The topological polar surface area (TPSA) is 99.1 Å². The van der Waals surface area contributed by atoms with E-state index in [2.05, 4.69) is 4.74 Å². The predicted molar refractivity (Wildman–Crippen MR) is 66.4 cm³/mol. The first-order valence-corrected chi connectivity index (χ1v) is 7.18. The van der Waals surface area contributed by atoms with Crippen LogP contribution in [0.5, 0.6) is 0 Å². The lowest BCUT2D eigenvalue weighted by atomic mass is 9.88. The normalized spacial score (nSPS) is 38.8. The summed E-state index contributed by atoms with van der Waals surface area (Å²) in [5.74, 6) is -2.65. The Bertz CT molecular complexity index is 486. The van der Waals surface area contributed by atoms with Crippen molar-refractivity contribution < 1.29 is 33.7 Å². The quantitative estimate of drug-likeness (QED) is 0.337. The number of rotatable bonds is 4. The third-order valence-corrected chi connectivity index (χ3v) is 4.66. The number of aliphatic hydroxyl groups excluding tert-OH is 1. The summed E-state index contributed by atoms with van der Waals surface area (Å²) >= 11 is 0. The van der Waals surface area contributed by atoms with Crippen LogP contribution in [0.25, 0.3) is 0 Å². The van der Waals surface area contributed by atoms with E-state index in [0.717, 1.165) is 6.42 Å². The number of aliphatic hydroxyl groups is 1. The number of ether oxygens (including phenoxy) is 3. The maximum absolute atomic E-state index is 12.0. The van der Waals surface area contributed by atoms with Crippen molar-refractivity contribution in [1.29, 1.82) is 0 Å². The van der Waals surface area contributed by atoms with Gasteiger partial charge in [0.15, 0.2) is 12.2 Å². The molecule has 2 bridgehead atoms. The van der Waals surface area contributed by atoms with Gasteiger partial charge in [-0.1, -0.05) is 0 Å². The van der Waals surface area contributed by atoms with Gasteiger partial charge < -0.3 is 19.3 Å². The van der Waals surface area contributed by atoms with E-state index >= 15 is 0 Å². The van der Waals surface area contributed by atoms with Gasteiger partial charge >= 0.3 is 17.9 Å². The number of carbonyl (C=O) groups is 3. The van der Waals surface area contributed by atoms with Gasteiger partial charge in [0.1, 0.15) is 12.2 Å². The van der Waals surface area contributed by atoms with Crippen LogP contribution >= 0.6 is 0 Å². The molecule has 7 nitrogen and oxygen atoms in total. The molecule has 3 aliphatic rings. The highest BCUT2D eigenvalue weighted by Crippen LogP contribution is 2.55. The van der Waals surface area contributed by atoms with Gasteiger partial charge in [0.25, 0.3) is 0 Å². The van der Waals surface area contributed by atoms with Gasteiger partial charge in [-0.3, -0.25) is 14.4 Å². The van der Waals surface area contributed by atoms with Crippen molar-refractivity contribution in [2.75, 3.05) is 0 Å². The minimum atomic E-state index is -1.27. The lowest BCUT2D eigenvalue weighted by molar-refractivity contribution is -0.180. The van der Waals surface area contributed by atoms with Crippen LogP contribution in [0.2, 0.25) is 0 Å². The van der Waals surface area contributed by atoms with E-state index in [1.165, 1.54) is 13.8 Å². The van der Waals surface area contributed by atoms with Gasteiger partial charge in [0, 0.05) is 11.8 Å². The summed E-state index contributed by atoms with van der Waals surface area (Å²) in [7, 11) is 0. The SMILES string of the molecule is CC(O)OC(=O)C(C)C(=O)OC1C2CC3C(=O)OC1C3C2. The highest BCUT2D eigenvalue weighted by molar-refractivity contribution is 5.94. The predicted octanol–water partition coefficient (Wildman–Crippen LogP) is -0.00280. The zero-order chi connectivity index (χ0) is 15.3. The van der Waals surface area contributed by atoms with Gasteiger partial charge in [-0.2, -0.15) is 0 Å². The van der Waals surface area contributed by atoms with Crippen molar-refractivity contribution in [1.82, 2.24) is 0 Å². The van der Waals surface area contributed by atoms with Gasteiger partial charge in [-0.15, -0.1) is 0 Å². The molecule has 0 aromatic heterocycles. The molecule has 2 aliphatic carbocycles. The maximum Gasteiger partial charge on any atom is 0.322 e. The second-order valence-corrected chi connectivity index (χ2v) is 6.06. The van der Waals surface area contributed by atoms with Crippen LogP contribution in [0.3, 0.4) is 0 Å². The molecule has 7 atom stereocenters. The van der Waals surface area contributed by atoms with Crippen LogP contribution < -0.4 is 0 Å². The van der Waals surface area contributed by atoms with Crippen molar-refractivity contribution in [3.63, 3.8) is 0 Å². The van der Waals surface area contributed by atoms with Crippen LogP contribution in [-0.4, -0.2) is 41.5 Å². The van der Waals surface area contributed by atoms with E-state index in [1.54, 1.807) is 0 Å². The Morgan fingerprint density at radius 3 is 2.67 bits per heavy atom. The van der Waals surface area contributed by atoms with E-state index in [0.29, 0.717) is 6.42 Å². The standard InChI is InChI=1S/C14H18O7/c1-5(12(16)19-6(2)15)13(17)20-10-7-3-8-9(4-7)14(18)21-11(8)10/h5-11,15H,3-4H2,1-2H3. The summed E-state index contributed by atoms with van der Waals surface area (Å²) in [6, 6.07) is 0. The number of hydrogen-bond donors (Lipinski definition) is 1. The van der Waals surface area contributed by atoms with Crippen LogP contribution in [-0.2, 0) is 28.6 Å². The second-order valence-electron chi connectivity index (χ2n) is 6.06. The third kappa shape index (κ3) is 2.29. The molecule has 21 heavy (non-hydrogen) atoms. The lowest BCUT2D eigenvalue weighted by Gasteiger charge is -2.26. The number of hydrogen-bond acceptors (Lipinski definition) is 7. The molecule has 1 N–H and O–H groups in total. The molecule has 3 fully saturated rings. The van der Waals surface area contributed by atoms with Crippen LogP contribution in [0.15, 0.2) is 0 Å². The van der Waals surface area contributed by atoms with E-state index in [1.807, 2.05) is 0 Å². The zero-order valence-corrected chi connectivity index (χ0v) is 11.9. The highest BCUT2D eigenvalue weighted by Gasteiger charge is 2.63. The van der Waals surface area contributed by atoms with Gasteiger partial charge in [0.05, 0.1) is 5.92 Å². The van der Waals surface area contributed by atoms with E-state index < -0.39 is 30.3 Å². The molecule has 0 aromatic carbocycles. The van der Waals surface area contributed by atoms with Crippen molar-refractivity contribution >= 4 is 17.9 Å². The average molecular weight is 298 g/mol. The smallest absolute Gasteiger partial charge is 0.322 e. The Morgan fingerprint density at radius 1 is 1.29 bits per heavy atom. The molecule has 1 saturated heterocycles.